The average Bonchev–Trinajstić information content (AvgIpc) is 2.38. The van der Waals surface area contributed by atoms with Gasteiger partial charge in [0.1, 0.15) is 0 Å². The van der Waals surface area contributed by atoms with Crippen LogP contribution < -0.4 is 9.64 Å². The van der Waals surface area contributed by atoms with E-state index in [-0.39, 0.29) is 0 Å². The molecule has 0 aromatic carbocycles. The summed E-state index contributed by atoms with van der Waals surface area (Å²) < 4.78 is 5.20. The minimum Gasteiger partial charge on any atom is -0.481 e. The molecule has 0 aliphatic carbocycles. The molecule has 0 amide bonds. The first-order chi connectivity index (χ1) is 8.65. The standard InChI is InChI=1S/C13H22ClN3O/c1-5-11(6-2)17(8-7-14)13-15-10(3)9-12(16-13)18-4/h9,11H,5-8H2,1-4H3. The number of rotatable bonds is 7. The number of methoxy groups -OCH3 is 1. The second kappa shape index (κ2) is 7.41. The third-order valence-electron chi connectivity index (χ3n) is 2.99. The van der Waals surface area contributed by atoms with Gasteiger partial charge >= 0.3 is 0 Å². The van der Waals surface area contributed by atoms with Gasteiger partial charge in [0.15, 0.2) is 0 Å². The van der Waals surface area contributed by atoms with Gasteiger partial charge in [-0.15, -0.1) is 11.6 Å². The fourth-order valence-corrected chi connectivity index (χ4v) is 2.21. The summed E-state index contributed by atoms with van der Waals surface area (Å²) in [5, 5.41) is 0. The van der Waals surface area contributed by atoms with Crippen LogP contribution in [0.2, 0.25) is 0 Å². The lowest BCUT2D eigenvalue weighted by atomic mass is 10.1. The van der Waals surface area contributed by atoms with Crippen LogP contribution in [0.25, 0.3) is 0 Å². The van der Waals surface area contributed by atoms with Crippen LogP contribution in [0, 0.1) is 6.92 Å². The number of hydrogen-bond donors (Lipinski definition) is 0. The summed E-state index contributed by atoms with van der Waals surface area (Å²) in [6, 6.07) is 2.24. The van der Waals surface area contributed by atoms with Crippen LogP contribution in [0.1, 0.15) is 32.4 Å². The Balaban J connectivity index is 3.07. The summed E-state index contributed by atoms with van der Waals surface area (Å²) in [7, 11) is 1.62. The molecule has 5 heteroatoms. The number of aryl methyl sites for hydroxylation is 1. The number of hydrogen-bond acceptors (Lipinski definition) is 4. The van der Waals surface area contributed by atoms with Gasteiger partial charge in [-0.1, -0.05) is 13.8 Å². The predicted octanol–water partition coefficient (Wildman–Crippen LogP) is 3.03. The maximum Gasteiger partial charge on any atom is 0.229 e. The molecule has 1 aromatic rings. The van der Waals surface area contributed by atoms with Crippen molar-refractivity contribution in [2.75, 3.05) is 24.4 Å². The number of halogens is 1. The van der Waals surface area contributed by atoms with Gasteiger partial charge in [-0.05, 0) is 19.8 Å². The number of alkyl halides is 1. The summed E-state index contributed by atoms with van der Waals surface area (Å²) in [5.41, 5.74) is 0.905. The van der Waals surface area contributed by atoms with Crippen molar-refractivity contribution in [3.05, 3.63) is 11.8 Å². The van der Waals surface area contributed by atoms with E-state index >= 15 is 0 Å². The highest BCUT2D eigenvalue weighted by Crippen LogP contribution is 2.20. The Kier molecular flexibility index (Phi) is 6.19. The van der Waals surface area contributed by atoms with Crippen molar-refractivity contribution >= 4 is 17.5 Å². The molecule has 0 saturated heterocycles. The highest BCUT2D eigenvalue weighted by atomic mass is 35.5. The highest BCUT2D eigenvalue weighted by Gasteiger charge is 2.18. The smallest absolute Gasteiger partial charge is 0.229 e. The summed E-state index contributed by atoms with van der Waals surface area (Å²) in [6.45, 7) is 7.03. The van der Waals surface area contributed by atoms with Gasteiger partial charge in [-0.3, -0.25) is 0 Å². The van der Waals surface area contributed by atoms with Crippen molar-refractivity contribution in [3.63, 3.8) is 0 Å². The molecule has 0 aliphatic heterocycles. The molecule has 0 aliphatic rings. The molecule has 0 saturated carbocycles. The van der Waals surface area contributed by atoms with Gasteiger partial charge in [0.2, 0.25) is 11.8 Å². The largest absolute Gasteiger partial charge is 0.481 e. The van der Waals surface area contributed by atoms with E-state index in [4.69, 9.17) is 16.3 Å². The summed E-state index contributed by atoms with van der Waals surface area (Å²) in [5.74, 6) is 1.88. The Morgan fingerprint density at radius 1 is 1.33 bits per heavy atom. The van der Waals surface area contributed by atoms with Crippen LogP contribution in [-0.4, -0.2) is 35.5 Å². The molecule has 0 radical (unpaired) electrons. The van der Waals surface area contributed by atoms with E-state index < -0.39 is 0 Å². The highest BCUT2D eigenvalue weighted by molar-refractivity contribution is 6.18. The minimum atomic E-state index is 0.412. The van der Waals surface area contributed by atoms with E-state index in [2.05, 4.69) is 28.7 Å². The number of nitrogens with zero attached hydrogens (tertiary/aromatic N) is 3. The molecular formula is C13H22ClN3O. The number of aromatic nitrogens is 2. The molecule has 102 valence electrons. The van der Waals surface area contributed by atoms with E-state index in [1.165, 1.54) is 0 Å². The monoisotopic (exact) mass is 271 g/mol. The zero-order valence-corrected chi connectivity index (χ0v) is 12.4. The van der Waals surface area contributed by atoms with Crippen molar-refractivity contribution in [1.82, 2.24) is 9.97 Å². The van der Waals surface area contributed by atoms with E-state index in [1.807, 2.05) is 13.0 Å². The molecular weight excluding hydrogens is 250 g/mol. The lowest BCUT2D eigenvalue weighted by molar-refractivity contribution is 0.395. The second-order valence-electron chi connectivity index (χ2n) is 4.20. The fraction of sp³-hybridized carbons (Fsp3) is 0.692. The molecule has 0 spiro atoms. The van der Waals surface area contributed by atoms with Crippen molar-refractivity contribution in [1.29, 1.82) is 0 Å². The second-order valence-corrected chi connectivity index (χ2v) is 4.58. The molecule has 0 bridgehead atoms. The molecule has 4 nitrogen and oxygen atoms in total. The Hall–Kier alpha value is -1.03. The van der Waals surface area contributed by atoms with Gasteiger partial charge < -0.3 is 9.64 Å². The maximum absolute atomic E-state index is 5.89. The van der Waals surface area contributed by atoms with Gasteiger partial charge in [0.05, 0.1) is 7.11 Å². The van der Waals surface area contributed by atoms with Crippen LogP contribution in [-0.2, 0) is 0 Å². The summed E-state index contributed by atoms with van der Waals surface area (Å²) in [4.78, 5) is 11.1. The first-order valence-electron chi connectivity index (χ1n) is 6.38. The fourth-order valence-electron chi connectivity index (χ4n) is 2.02. The molecule has 0 unspecified atom stereocenters. The van der Waals surface area contributed by atoms with E-state index in [9.17, 15) is 0 Å². The number of anilines is 1. The molecule has 0 fully saturated rings. The van der Waals surface area contributed by atoms with E-state index in [0.29, 0.717) is 23.8 Å². The molecule has 1 aromatic heterocycles. The Labute approximate surface area is 114 Å². The molecule has 0 atom stereocenters. The van der Waals surface area contributed by atoms with Crippen LogP contribution in [0.3, 0.4) is 0 Å². The van der Waals surface area contributed by atoms with E-state index in [0.717, 1.165) is 25.1 Å². The topological polar surface area (TPSA) is 38.2 Å². The van der Waals surface area contributed by atoms with Crippen molar-refractivity contribution in [2.45, 2.75) is 39.7 Å². The minimum absolute atomic E-state index is 0.412. The zero-order chi connectivity index (χ0) is 13.5. The summed E-state index contributed by atoms with van der Waals surface area (Å²) in [6.07, 6.45) is 2.10. The Morgan fingerprint density at radius 3 is 2.50 bits per heavy atom. The SMILES string of the molecule is CCC(CC)N(CCCl)c1nc(C)cc(OC)n1. The summed E-state index contributed by atoms with van der Waals surface area (Å²) >= 11 is 5.89. The molecule has 1 rings (SSSR count). The van der Waals surface area contributed by atoms with E-state index in [1.54, 1.807) is 7.11 Å². The number of ether oxygens (including phenoxy) is 1. The van der Waals surface area contributed by atoms with Crippen LogP contribution in [0.5, 0.6) is 5.88 Å². The van der Waals surface area contributed by atoms with Crippen LogP contribution >= 0.6 is 11.6 Å². The van der Waals surface area contributed by atoms with Gasteiger partial charge in [0, 0.05) is 30.2 Å². The molecule has 18 heavy (non-hydrogen) atoms. The zero-order valence-electron chi connectivity index (χ0n) is 11.6. The normalized spacial score (nSPS) is 10.8. The Morgan fingerprint density at radius 2 is 2.00 bits per heavy atom. The van der Waals surface area contributed by atoms with Crippen LogP contribution in [0.15, 0.2) is 6.07 Å². The van der Waals surface area contributed by atoms with Crippen LogP contribution in [0.4, 0.5) is 5.95 Å². The van der Waals surface area contributed by atoms with Gasteiger partial charge in [-0.2, -0.15) is 4.98 Å². The molecule has 0 N–H and O–H groups in total. The van der Waals surface area contributed by atoms with Crippen molar-refractivity contribution < 1.29 is 4.74 Å². The Bertz CT molecular complexity index is 369. The first kappa shape index (κ1) is 15.0. The van der Waals surface area contributed by atoms with Crippen molar-refractivity contribution in [2.24, 2.45) is 0 Å². The average molecular weight is 272 g/mol. The quantitative estimate of drug-likeness (QED) is 0.715. The third kappa shape index (κ3) is 3.73. The van der Waals surface area contributed by atoms with Gasteiger partial charge in [0.25, 0.3) is 0 Å². The lowest BCUT2D eigenvalue weighted by Crippen LogP contribution is -2.37. The maximum atomic E-state index is 5.89. The van der Waals surface area contributed by atoms with Crippen molar-refractivity contribution in [3.8, 4) is 5.88 Å². The molecule has 1 heterocycles. The predicted molar refractivity (Wildman–Crippen MR) is 75.8 cm³/mol. The first-order valence-corrected chi connectivity index (χ1v) is 6.91. The third-order valence-corrected chi connectivity index (χ3v) is 3.16. The van der Waals surface area contributed by atoms with Gasteiger partial charge in [-0.25, -0.2) is 4.98 Å². The lowest BCUT2D eigenvalue weighted by Gasteiger charge is -2.30.